The van der Waals surface area contributed by atoms with Gasteiger partial charge in [-0.3, -0.25) is 9.59 Å². The summed E-state index contributed by atoms with van der Waals surface area (Å²) in [5.74, 6) is 0.356. The van der Waals surface area contributed by atoms with E-state index in [0.717, 1.165) is 23.1 Å². The molecule has 0 aliphatic rings. The summed E-state index contributed by atoms with van der Waals surface area (Å²) in [4.78, 5) is 27.0. The summed E-state index contributed by atoms with van der Waals surface area (Å²) < 4.78 is 5.77. The molecule has 1 unspecified atom stereocenters. The Kier molecular flexibility index (Phi) is 8.71. The fourth-order valence-electron chi connectivity index (χ4n) is 3.15. The summed E-state index contributed by atoms with van der Waals surface area (Å²) in [5, 5.41) is 2.88. The zero-order valence-electron chi connectivity index (χ0n) is 17.9. The van der Waals surface area contributed by atoms with Gasteiger partial charge in [-0.25, -0.2) is 0 Å². The maximum Gasteiger partial charge on any atom is 0.261 e. The first-order valence-electron chi connectivity index (χ1n) is 10.2. The molecule has 0 aromatic heterocycles. The number of hydrogen-bond acceptors (Lipinski definition) is 3. The third-order valence-corrected chi connectivity index (χ3v) is 4.88. The number of carbonyl (C=O) groups excluding carboxylic acids is 2. The summed E-state index contributed by atoms with van der Waals surface area (Å²) in [5.41, 5.74) is 3.26. The highest BCUT2D eigenvalue weighted by molar-refractivity contribution is 5.88. The van der Waals surface area contributed by atoms with Gasteiger partial charge in [0, 0.05) is 13.1 Å². The van der Waals surface area contributed by atoms with Crippen molar-refractivity contribution in [2.75, 3.05) is 19.7 Å². The lowest BCUT2D eigenvalue weighted by atomic mass is 10.1. The predicted octanol–water partition coefficient (Wildman–Crippen LogP) is 3.67. The normalized spacial score (nSPS) is 11.6. The second kappa shape index (κ2) is 11.2. The van der Waals surface area contributed by atoms with Gasteiger partial charge in [-0.2, -0.15) is 0 Å². The minimum absolute atomic E-state index is 0.0932. The van der Waals surface area contributed by atoms with Crippen LogP contribution in [0.15, 0.2) is 48.5 Å². The van der Waals surface area contributed by atoms with Gasteiger partial charge < -0.3 is 15.0 Å². The standard InChI is InChI=1S/C24H32N2O3/c1-5-14-25-24(28)20(4)26(15-13-21-9-7-6-8-10-21)23(27)17-29-22-12-11-18(2)16-19(22)3/h6-12,16,20H,5,13-15,17H2,1-4H3,(H,25,28). The summed E-state index contributed by atoms with van der Waals surface area (Å²) in [6, 6.07) is 15.3. The fraction of sp³-hybridized carbons (Fsp3) is 0.417. The fourth-order valence-corrected chi connectivity index (χ4v) is 3.15. The molecule has 0 saturated carbocycles. The number of ether oxygens (including phenoxy) is 1. The molecule has 2 aromatic carbocycles. The topological polar surface area (TPSA) is 58.6 Å². The molecular weight excluding hydrogens is 364 g/mol. The van der Waals surface area contributed by atoms with Crippen LogP contribution in [0, 0.1) is 13.8 Å². The van der Waals surface area contributed by atoms with Crippen molar-refractivity contribution in [2.45, 2.75) is 46.6 Å². The molecule has 2 rings (SSSR count). The van der Waals surface area contributed by atoms with Gasteiger partial charge in [0.15, 0.2) is 6.61 Å². The van der Waals surface area contributed by atoms with Crippen LogP contribution in [0.4, 0.5) is 0 Å². The Morgan fingerprint density at radius 1 is 1.10 bits per heavy atom. The molecule has 0 radical (unpaired) electrons. The molecule has 1 atom stereocenters. The lowest BCUT2D eigenvalue weighted by Crippen LogP contribution is -2.50. The van der Waals surface area contributed by atoms with Gasteiger partial charge in [0.2, 0.25) is 5.91 Å². The van der Waals surface area contributed by atoms with Gasteiger partial charge >= 0.3 is 0 Å². The maximum atomic E-state index is 13.0. The van der Waals surface area contributed by atoms with Crippen molar-refractivity contribution in [1.82, 2.24) is 10.2 Å². The molecule has 0 aliphatic carbocycles. The van der Waals surface area contributed by atoms with E-state index >= 15 is 0 Å². The van der Waals surface area contributed by atoms with Gasteiger partial charge in [-0.05, 0) is 50.8 Å². The highest BCUT2D eigenvalue weighted by Gasteiger charge is 2.26. The molecule has 0 bridgehead atoms. The van der Waals surface area contributed by atoms with Crippen LogP contribution < -0.4 is 10.1 Å². The Morgan fingerprint density at radius 3 is 2.48 bits per heavy atom. The van der Waals surface area contributed by atoms with E-state index in [-0.39, 0.29) is 18.4 Å². The van der Waals surface area contributed by atoms with Crippen molar-refractivity contribution in [3.05, 3.63) is 65.2 Å². The molecule has 1 N–H and O–H groups in total. The van der Waals surface area contributed by atoms with E-state index in [1.54, 1.807) is 11.8 Å². The van der Waals surface area contributed by atoms with Gasteiger partial charge in [-0.15, -0.1) is 0 Å². The molecule has 5 heteroatoms. The average molecular weight is 397 g/mol. The third kappa shape index (κ3) is 6.93. The first-order valence-corrected chi connectivity index (χ1v) is 10.2. The molecule has 0 fully saturated rings. The van der Waals surface area contributed by atoms with E-state index in [9.17, 15) is 9.59 Å². The molecule has 0 spiro atoms. The van der Waals surface area contributed by atoms with Crippen LogP contribution in [0.2, 0.25) is 0 Å². The van der Waals surface area contributed by atoms with Crippen LogP contribution in [0.5, 0.6) is 5.75 Å². The second-order valence-corrected chi connectivity index (χ2v) is 7.35. The Labute approximate surface area is 174 Å². The van der Waals surface area contributed by atoms with Crippen LogP contribution in [0.1, 0.15) is 37.0 Å². The first-order chi connectivity index (χ1) is 13.9. The minimum atomic E-state index is -0.555. The highest BCUT2D eigenvalue weighted by atomic mass is 16.5. The Hall–Kier alpha value is -2.82. The number of benzene rings is 2. The maximum absolute atomic E-state index is 13.0. The van der Waals surface area contributed by atoms with E-state index in [2.05, 4.69) is 5.32 Å². The second-order valence-electron chi connectivity index (χ2n) is 7.35. The predicted molar refractivity (Wildman–Crippen MR) is 116 cm³/mol. The van der Waals surface area contributed by atoms with E-state index in [4.69, 9.17) is 4.74 Å². The molecule has 2 aromatic rings. The average Bonchev–Trinajstić information content (AvgIpc) is 2.72. The number of rotatable bonds is 10. The van der Waals surface area contributed by atoms with Gasteiger partial charge in [-0.1, -0.05) is 55.0 Å². The smallest absolute Gasteiger partial charge is 0.261 e. The Morgan fingerprint density at radius 2 is 1.83 bits per heavy atom. The van der Waals surface area contributed by atoms with Crippen molar-refractivity contribution in [2.24, 2.45) is 0 Å². The van der Waals surface area contributed by atoms with Gasteiger partial charge in [0.1, 0.15) is 11.8 Å². The first kappa shape index (κ1) is 22.5. The van der Waals surface area contributed by atoms with Crippen molar-refractivity contribution in [3.8, 4) is 5.75 Å². The van der Waals surface area contributed by atoms with E-state index in [1.165, 1.54) is 0 Å². The number of hydrogen-bond donors (Lipinski definition) is 1. The Balaban J connectivity index is 2.07. The summed E-state index contributed by atoms with van der Waals surface area (Å²) >= 11 is 0. The number of carbonyl (C=O) groups is 2. The van der Waals surface area contributed by atoms with E-state index in [0.29, 0.717) is 25.3 Å². The van der Waals surface area contributed by atoms with Crippen LogP contribution >= 0.6 is 0 Å². The molecule has 0 saturated heterocycles. The molecule has 156 valence electrons. The highest BCUT2D eigenvalue weighted by Crippen LogP contribution is 2.19. The molecule has 0 aliphatic heterocycles. The van der Waals surface area contributed by atoms with Crippen LogP contribution in [-0.2, 0) is 16.0 Å². The van der Waals surface area contributed by atoms with E-state index in [1.807, 2.05) is 69.3 Å². The van der Waals surface area contributed by atoms with Crippen LogP contribution in [-0.4, -0.2) is 42.5 Å². The Bertz CT molecular complexity index is 805. The zero-order valence-corrected chi connectivity index (χ0v) is 17.9. The molecule has 5 nitrogen and oxygen atoms in total. The van der Waals surface area contributed by atoms with Crippen molar-refractivity contribution in [1.29, 1.82) is 0 Å². The van der Waals surface area contributed by atoms with Gasteiger partial charge in [0.05, 0.1) is 0 Å². The summed E-state index contributed by atoms with van der Waals surface area (Å²) in [6.45, 7) is 8.71. The number of nitrogens with one attached hydrogen (secondary N) is 1. The van der Waals surface area contributed by atoms with Crippen LogP contribution in [0.3, 0.4) is 0 Å². The lowest BCUT2D eigenvalue weighted by molar-refractivity contribution is -0.141. The van der Waals surface area contributed by atoms with Crippen molar-refractivity contribution < 1.29 is 14.3 Å². The van der Waals surface area contributed by atoms with Crippen molar-refractivity contribution >= 4 is 11.8 Å². The molecule has 2 amide bonds. The summed E-state index contributed by atoms with van der Waals surface area (Å²) in [6.07, 6.45) is 1.54. The molecule has 0 heterocycles. The lowest BCUT2D eigenvalue weighted by Gasteiger charge is -2.28. The van der Waals surface area contributed by atoms with Crippen LogP contribution in [0.25, 0.3) is 0 Å². The van der Waals surface area contributed by atoms with Gasteiger partial charge in [0.25, 0.3) is 5.91 Å². The molecular formula is C24H32N2O3. The SMILES string of the molecule is CCCNC(=O)C(C)N(CCc1ccccc1)C(=O)COc1ccc(C)cc1C. The summed E-state index contributed by atoms with van der Waals surface area (Å²) in [7, 11) is 0. The third-order valence-electron chi connectivity index (χ3n) is 4.88. The number of amides is 2. The number of nitrogens with zero attached hydrogens (tertiary/aromatic N) is 1. The zero-order chi connectivity index (χ0) is 21.2. The largest absolute Gasteiger partial charge is 0.483 e. The number of aryl methyl sites for hydroxylation is 2. The van der Waals surface area contributed by atoms with E-state index < -0.39 is 6.04 Å². The molecule has 29 heavy (non-hydrogen) atoms. The quantitative estimate of drug-likeness (QED) is 0.667. The minimum Gasteiger partial charge on any atom is -0.483 e. The monoisotopic (exact) mass is 396 g/mol. The van der Waals surface area contributed by atoms with Crippen molar-refractivity contribution in [3.63, 3.8) is 0 Å².